The van der Waals surface area contributed by atoms with Crippen molar-refractivity contribution in [3.8, 4) is 0 Å². The number of amidine groups is 1. The van der Waals surface area contributed by atoms with Crippen molar-refractivity contribution in [1.29, 1.82) is 0 Å². The van der Waals surface area contributed by atoms with Gasteiger partial charge in [0.15, 0.2) is 5.17 Å². The molecule has 70 valence electrons. The third-order valence-corrected chi connectivity index (χ3v) is 2.42. The number of nitrogens with zero attached hydrogens (tertiary/aromatic N) is 1. The van der Waals surface area contributed by atoms with E-state index in [0.717, 1.165) is 37.1 Å². The Labute approximate surface area is 77.4 Å². The molecule has 0 unspecified atom stereocenters. The van der Waals surface area contributed by atoms with Crippen LogP contribution in [0.25, 0.3) is 0 Å². The van der Waals surface area contributed by atoms with Gasteiger partial charge in [0.05, 0.1) is 6.54 Å². The van der Waals surface area contributed by atoms with E-state index in [2.05, 4.69) is 15.6 Å². The van der Waals surface area contributed by atoms with Gasteiger partial charge in [-0.2, -0.15) is 0 Å². The number of nitrogens with one attached hydrogen (secondary N) is 2. The molecule has 0 fully saturated rings. The quantitative estimate of drug-likeness (QED) is 0.496. The molecule has 1 aliphatic heterocycles. The van der Waals surface area contributed by atoms with Crippen LogP contribution in [0, 0.1) is 0 Å². The lowest BCUT2D eigenvalue weighted by molar-refractivity contribution is 0.676. The van der Waals surface area contributed by atoms with Crippen LogP contribution in [0.4, 0.5) is 0 Å². The molecule has 0 saturated carbocycles. The lowest BCUT2D eigenvalue weighted by atomic mass is 10.5. The zero-order valence-corrected chi connectivity index (χ0v) is 7.99. The van der Waals surface area contributed by atoms with Gasteiger partial charge in [0, 0.05) is 31.9 Å². The molecule has 1 rings (SSSR count). The van der Waals surface area contributed by atoms with E-state index in [-0.39, 0.29) is 0 Å². The highest BCUT2D eigenvalue weighted by Crippen LogP contribution is 2.07. The van der Waals surface area contributed by atoms with Crippen LogP contribution in [0.15, 0.2) is 4.99 Å². The van der Waals surface area contributed by atoms with Gasteiger partial charge in [0.2, 0.25) is 0 Å². The van der Waals surface area contributed by atoms with Crippen LogP contribution in [-0.4, -0.2) is 43.6 Å². The van der Waals surface area contributed by atoms with Gasteiger partial charge in [-0.25, -0.2) is 0 Å². The number of thioether (sulfide) groups is 1. The Morgan fingerprint density at radius 1 is 1.42 bits per heavy atom. The maximum absolute atomic E-state index is 5.32. The highest BCUT2D eigenvalue weighted by molar-refractivity contribution is 8.14. The summed E-state index contributed by atoms with van der Waals surface area (Å²) in [7, 11) is 0. The number of rotatable bonds is 5. The van der Waals surface area contributed by atoms with Crippen molar-refractivity contribution in [3.05, 3.63) is 0 Å². The van der Waals surface area contributed by atoms with Crippen molar-refractivity contribution < 1.29 is 0 Å². The fraction of sp³-hybridized carbons (Fsp3) is 0.857. The summed E-state index contributed by atoms with van der Waals surface area (Å²) in [6.07, 6.45) is 0. The van der Waals surface area contributed by atoms with E-state index in [4.69, 9.17) is 5.73 Å². The van der Waals surface area contributed by atoms with Gasteiger partial charge >= 0.3 is 0 Å². The van der Waals surface area contributed by atoms with Gasteiger partial charge in [0.1, 0.15) is 0 Å². The van der Waals surface area contributed by atoms with Gasteiger partial charge in [0.25, 0.3) is 0 Å². The largest absolute Gasteiger partial charge is 0.364 e. The smallest absolute Gasteiger partial charge is 0.156 e. The predicted octanol–water partition coefficient (Wildman–Crippen LogP) is -0.773. The second-order valence-electron chi connectivity index (χ2n) is 2.50. The first-order valence-corrected chi connectivity index (χ1v) is 5.24. The number of hydrogen-bond donors (Lipinski definition) is 3. The first-order valence-electron chi connectivity index (χ1n) is 4.25. The molecule has 0 atom stereocenters. The van der Waals surface area contributed by atoms with Crippen LogP contribution in [-0.2, 0) is 0 Å². The number of nitrogens with two attached hydrogens (primary N) is 1. The molecular formula is C7H16N4S. The van der Waals surface area contributed by atoms with Crippen molar-refractivity contribution in [2.45, 2.75) is 0 Å². The van der Waals surface area contributed by atoms with Gasteiger partial charge < -0.3 is 16.4 Å². The fourth-order valence-electron chi connectivity index (χ4n) is 0.927. The average molecular weight is 188 g/mol. The summed E-state index contributed by atoms with van der Waals surface area (Å²) in [6, 6.07) is 0. The minimum absolute atomic E-state index is 0.704. The molecule has 4 nitrogen and oxygen atoms in total. The van der Waals surface area contributed by atoms with E-state index in [0.29, 0.717) is 6.54 Å². The maximum atomic E-state index is 5.32. The summed E-state index contributed by atoms with van der Waals surface area (Å²) in [6.45, 7) is 4.45. The van der Waals surface area contributed by atoms with E-state index < -0.39 is 0 Å². The second kappa shape index (κ2) is 6.28. The van der Waals surface area contributed by atoms with Crippen LogP contribution in [0.5, 0.6) is 0 Å². The second-order valence-corrected chi connectivity index (χ2v) is 3.58. The Morgan fingerprint density at radius 2 is 2.33 bits per heavy atom. The van der Waals surface area contributed by atoms with E-state index >= 15 is 0 Å². The molecule has 0 spiro atoms. The van der Waals surface area contributed by atoms with E-state index in [1.165, 1.54) is 0 Å². The van der Waals surface area contributed by atoms with Crippen molar-refractivity contribution >= 4 is 16.9 Å². The Bertz CT molecular complexity index is 148. The topological polar surface area (TPSA) is 62.4 Å². The molecule has 0 aromatic rings. The van der Waals surface area contributed by atoms with Crippen LogP contribution >= 0.6 is 11.8 Å². The molecular weight excluding hydrogens is 172 g/mol. The lowest BCUT2D eigenvalue weighted by Crippen LogP contribution is -2.32. The number of hydrogen-bond acceptors (Lipinski definition) is 5. The highest BCUT2D eigenvalue weighted by Gasteiger charge is 2.04. The zero-order chi connectivity index (χ0) is 8.65. The molecule has 1 aliphatic rings. The monoisotopic (exact) mass is 188 g/mol. The van der Waals surface area contributed by atoms with Crippen molar-refractivity contribution in [1.82, 2.24) is 10.6 Å². The molecule has 0 aliphatic carbocycles. The lowest BCUT2D eigenvalue weighted by Gasteiger charge is -2.05. The van der Waals surface area contributed by atoms with Gasteiger partial charge in [-0.15, -0.1) is 0 Å². The Balaban J connectivity index is 1.88. The van der Waals surface area contributed by atoms with Crippen molar-refractivity contribution in [2.75, 3.05) is 38.5 Å². The summed E-state index contributed by atoms with van der Waals surface area (Å²) in [5.41, 5.74) is 5.32. The molecule has 0 bridgehead atoms. The zero-order valence-electron chi connectivity index (χ0n) is 7.18. The molecule has 0 saturated heterocycles. The molecule has 5 heteroatoms. The standard InChI is InChI=1S/C7H16N4S/c8-1-2-9-3-4-10-7-11-5-6-12-7/h9H,1-6,8H2,(H,10,11). The molecule has 4 N–H and O–H groups in total. The normalized spacial score (nSPS) is 16.2. The predicted molar refractivity (Wildman–Crippen MR) is 54.7 cm³/mol. The molecule has 0 aromatic carbocycles. The Morgan fingerprint density at radius 3 is 3.00 bits per heavy atom. The van der Waals surface area contributed by atoms with Gasteiger partial charge in [-0.05, 0) is 0 Å². The summed E-state index contributed by atoms with van der Waals surface area (Å²) in [5.74, 6) is 1.12. The van der Waals surface area contributed by atoms with Crippen molar-refractivity contribution in [3.63, 3.8) is 0 Å². The Kier molecular flexibility index (Phi) is 5.14. The first-order chi connectivity index (χ1) is 5.93. The van der Waals surface area contributed by atoms with Crippen LogP contribution in [0.2, 0.25) is 0 Å². The molecule has 0 radical (unpaired) electrons. The van der Waals surface area contributed by atoms with Crippen LogP contribution in [0.1, 0.15) is 0 Å². The third-order valence-electron chi connectivity index (χ3n) is 1.48. The van der Waals surface area contributed by atoms with Crippen LogP contribution in [0.3, 0.4) is 0 Å². The summed E-state index contributed by atoms with van der Waals surface area (Å²) >= 11 is 1.79. The minimum Gasteiger partial charge on any atom is -0.364 e. The summed E-state index contributed by atoms with van der Waals surface area (Å²) in [4.78, 5) is 4.27. The Hall–Kier alpha value is -0.260. The van der Waals surface area contributed by atoms with Crippen molar-refractivity contribution in [2.24, 2.45) is 10.7 Å². The summed E-state index contributed by atoms with van der Waals surface area (Å²) in [5, 5.41) is 7.54. The highest BCUT2D eigenvalue weighted by atomic mass is 32.2. The maximum Gasteiger partial charge on any atom is 0.156 e. The SMILES string of the molecule is NCCNCCNC1=NCCS1. The average Bonchev–Trinajstić information content (AvgIpc) is 2.57. The summed E-state index contributed by atoms with van der Waals surface area (Å²) < 4.78 is 0. The molecule has 0 amide bonds. The minimum atomic E-state index is 0.704. The van der Waals surface area contributed by atoms with E-state index in [9.17, 15) is 0 Å². The first kappa shape index (κ1) is 9.83. The fourth-order valence-corrected chi connectivity index (χ4v) is 1.69. The molecule has 0 aromatic heterocycles. The van der Waals surface area contributed by atoms with Crippen LogP contribution < -0.4 is 16.4 Å². The number of aliphatic imine (C=N–C) groups is 1. The van der Waals surface area contributed by atoms with Gasteiger partial charge in [-0.3, -0.25) is 4.99 Å². The van der Waals surface area contributed by atoms with Gasteiger partial charge in [-0.1, -0.05) is 11.8 Å². The van der Waals surface area contributed by atoms with E-state index in [1.807, 2.05) is 0 Å². The molecule has 12 heavy (non-hydrogen) atoms. The third kappa shape index (κ3) is 3.94. The molecule has 1 heterocycles. The van der Waals surface area contributed by atoms with E-state index in [1.54, 1.807) is 11.8 Å².